The molecule has 0 bridgehead atoms. The maximum Gasteiger partial charge on any atom is 0.0933 e. The normalized spacial score (nSPS) is 25.7. The zero-order valence-electron chi connectivity index (χ0n) is 11.7. The number of aromatic nitrogens is 2. The predicted molar refractivity (Wildman–Crippen MR) is 76.7 cm³/mol. The van der Waals surface area contributed by atoms with E-state index >= 15 is 0 Å². The van der Waals surface area contributed by atoms with Crippen molar-refractivity contribution >= 4 is 5.71 Å². The second-order valence-electron chi connectivity index (χ2n) is 5.46. The van der Waals surface area contributed by atoms with E-state index in [-0.39, 0.29) is 6.04 Å². The van der Waals surface area contributed by atoms with E-state index < -0.39 is 0 Å². The van der Waals surface area contributed by atoms with Crippen LogP contribution >= 0.6 is 0 Å². The van der Waals surface area contributed by atoms with E-state index in [2.05, 4.69) is 10.3 Å². The van der Waals surface area contributed by atoms with Crippen LogP contribution in [0, 0.1) is 0 Å². The lowest BCUT2D eigenvalue weighted by Crippen LogP contribution is -2.20. The SMILES string of the molecule is O/N=C1\CCCCCCCCCC[C@H]1n1cccn1. The minimum absolute atomic E-state index is 0.138. The van der Waals surface area contributed by atoms with Gasteiger partial charge in [-0.15, -0.1) is 0 Å². The van der Waals surface area contributed by atoms with Gasteiger partial charge in [-0.3, -0.25) is 4.68 Å². The fourth-order valence-electron chi connectivity index (χ4n) is 2.90. The van der Waals surface area contributed by atoms with Gasteiger partial charge in [0.25, 0.3) is 0 Å². The first kappa shape index (κ1) is 14.1. The molecule has 0 radical (unpaired) electrons. The van der Waals surface area contributed by atoms with Gasteiger partial charge in [0.05, 0.1) is 11.8 Å². The zero-order valence-corrected chi connectivity index (χ0v) is 11.7. The molecule has 2 rings (SSSR count). The Hall–Kier alpha value is -1.32. The average Bonchev–Trinajstić information content (AvgIpc) is 2.93. The first-order valence-electron chi connectivity index (χ1n) is 7.62. The number of hydrogen-bond donors (Lipinski definition) is 1. The summed E-state index contributed by atoms with van der Waals surface area (Å²) in [6, 6.07) is 2.07. The topological polar surface area (TPSA) is 50.4 Å². The van der Waals surface area contributed by atoms with Crippen LogP contribution in [-0.4, -0.2) is 20.7 Å². The molecule has 1 aliphatic carbocycles. The summed E-state index contributed by atoms with van der Waals surface area (Å²) in [6.07, 6.45) is 15.9. The Labute approximate surface area is 115 Å². The Kier molecular flexibility index (Phi) is 5.92. The largest absolute Gasteiger partial charge is 0.411 e. The zero-order chi connectivity index (χ0) is 13.3. The lowest BCUT2D eigenvalue weighted by Gasteiger charge is -2.19. The molecule has 0 aliphatic heterocycles. The standard InChI is InChI=1S/C15H25N3O/c19-17-14-10-7-5-3-1-2-4-6-8-11-15(14)18-13-9-12-16-18/h9,12-13,15,19H,1-8,10-11H2/b17-14+/t15-/m1/s1. The molecule has 106 valence electrons. The van der Waals surface area contributed by atoms with Crippen LogP contribution in [0.2, 0.25) is 0 Å². The van der Waals surface area contributed by atoms with Crippen LogP contribution in [0.5, 0.6) is 0 Å². The lowest BCUT2D eigenvalue weighted by molar-refractivity contribution is 0.309. The predicted octanol–water partition coefficient (Wildman–Crippen LogP) is 4.17. The van der Waals surface area contributed by atoms with Gasteiger partial charge in [-0.1, -0.05) is 50.1 Å². The smallest absolute Gasteiger partial charge is 0.0933 e. The molecule has 1 fully saturated rings. The van der Waals surface area contributed by atoms with Crippen molar-refractivity contribution in [2.75, 3.05) is 0 Å². The van der Waals surface area contributed by atoms with Crippen molar-refractivity contribution in [2.45, 2.75) is 70.3 Å². The molecule has 0 spiro atoms. The molecular weight excluding hydrogens is 238 g/mol. The van der Waals surface area contributed by atoms with Crippen molar-refractivity contribution in [1.82, 2.24) is 9.78 Å². The van der Waals surface area contributed by atoms with E-state index in [1.165, 1.54) is 44.9 Å². The number of nitrogens with zero attached hydrogens (tertiary/aromatic N) is 3. The summed E-state index contributed by atoms with van der Waals surface area (Å²) >= 11 is 0. The third-order valence-electron chi connectivity index (χ3n) is 4.02. The highest BCUT2D eigenvalue weighted by Crippen LogP contribution is 2.22. The highest BCUT2D eigenvalue weighted by molar-refractivity contribution is 5.87. The van der Waals surface area contributed by atoms with E-state index in [1.807, 2.05) is 16.9 Å². The Balaban J connectivity index is 2.04. The third kappa shape index (κ3) is 4.37. The van der Waals surface area contributed by atoms with E-state index in [0.717, 1.165) is 25.0 Å². The van der Waals surface area contributed by atoms with Crippen molar-refractivity contribution < 1.29 is 5.21 Å². The van der Waals surface area contributed by atoms with E-state index in [1.54, 1.807) is 6.20 Å². The second kappa shape index (κ2) is 7.97. The molecule has 0 amide bonds. The Morgan fingerprint density at radius 1 is 1.05 bits per heavy atom. The summed E-state index contributed by atoms with van der Waals surface area (Å²) in [5, 5.41) is 17.2. The molecule has 0 aromatic carbocycles. The minimum Gasteiger partial charge on any atom is -0.411 e. The average molecular weight is 263 g/mol. The summed E-state index contributed by atoms with van der Waals surface area (Å²) in [5.41, 5.74) is 0.893. The number of oxime groups is 1. The van der Waals surface area contributed by atoms with Gasteiger partial charge in [0, 0.05) is 12.4 Å². The van der Waals surface area contributed by atoms with Crippen LogP contribution in [0.1, 0.15) is 70.3 Å². The van der Waals surface area contributed by atoms with Crippen LogP contribution < -0.4 is 0 Å². The van der Waals surface area contributed by atoms with Gasteiger partial charge in [-0.25, -0.2) is 0 Å². The van der Waals surface area contributed by atoms with Gasteiger partial charge in [0.1, 0.15) is 0 Å². The monoisotopic (exact) mass is 263 g/mol. The van der Waals surface area contributed by atoms with Crippen molar-refractivity contribution in [2.24, 2.45) is 5.16 Å². The molecule has 4 nitrogen and oxygen atoms in total. The molecule has 4 heteroatoms. The summed E-state index contributed by atoms with van der Waals surface area (Å²) in [4.78, 5) is 0. The van der Waals surface area contributed by atoms with Gasteiger partial charge < -0.3 is 5.21 Å². The fraction of sp³-hybridized carbons (Fsp3) is 0.733. The quantitative estimate of drug-likeness (QED) is 0.610. The van der Waals surface area contributed by atoms with Crippen LogP contribution in [0.4, 0.5) is 0 Å². The first-order valence-corrected chi connectivity index (χ1v) is 7.62. The Morgan fingerprint density at radius 2 is 1.74 bits per heavy atom. The molecule has 1 atom stereocenters. The van der Waals surface area contributed by atoms with Crippen LogP contribution in [-0.2, 0) is 0 Å². The summed E-state index contributed by atoms with van der Waals surface area (Å²) in [5.74, 6) is 0. The molecule has 19 heavy (non-hydrogen) atoms. The summed E-state index contributed by atoms with van der Waals surface area (Å²) in [7, 11) is 0. The molecular formula is C15H25N3O. The third-order valence-corrected chi connectivity index (χ3v) is 4.02. The van der Waals surface area contributed by atoms with Gasteiger partial charge in [-0.2, -0.15) is 5.10 Å². The molecule has 0 unspecified atom stereocenters. The van der Waals surface area contributed by atoms with Crippen molar-refractivity contribution in [3.8, 4) is 0 Å². The van der Waals surface area contributed by atoms with Crippen LogP contribution in [0.15, 0.2) is 23.6 Å². The summed E-state index contributed by atoms with van der Waals surface area (Å²) < 4.78 is 1.95. The molecule has 1 aromatic rings. The fourth-order valence-corrected chi connectivity index (χ4v) is 2.90. The molecule has 1 N–H and O–H groups in total. The summed E-state index contributed by atoms with van der Waals surface area (Å²) in [6.45, 7) is 0. The number of rotatable bonds is 1. The van der Waals surface area contributed by atoms with Crippen molar-refractivity contribution in [1.29, 1.82) is 0 Å². The molecule has 1 aromatic heterocycles. The van der Waals surface area contributed by atoms with Gasteiger partial charge >= 0.3 is 0 Å². The van der Waals surface area contributed by atoms with Crippen LogP contribution in [0.25, 0.3) is 0 Å². The van der Waals surface area contributed by atoms with Gasteiger partial charge in [0.15, 0.2) is 0 Å². The lowest BCUT2D eigenvalue weighted by atomic mass is 9.96. The molecule has 0 saturated heterocycles. The van der Waals surface area contributed by atoms with E-state index in [4.69, 9.17) is 0 Å². The molecule has 1 saturated carbocycles. The van der Waals surface area contributed by atoms with Gasteiger partial charge in [-0.05, 0) is 25.3 Å². The Morgan fingerprint density at radius 3 is 2.37 bits per heavy atom. The highest BCUT2D eigenvalue weighted by atomic mass is 16.4. The second-order valence-corrected chi connectivity index (χ2v) is 5.46. The Bertz CT molecular complexity index is 373. The number of hydrogen-bond acceptors (Lipinski definition) is 3. The maximum absolute atomic E-state index is 9.31. The molecule has 1 heterocycles. The van der Waals surface area contributed by atoms with E-state index in [0.29, 0.717) is 0 Å². The van der Waals surface area contributed by atoms with Crippen LogP contribution in [0.3, 0.4) is 0 Å². The maximum atomic E-state index is 9.31. The minimum atomic E-state index is 0.138. The molecule has 1 aliphatic rings. The van der Waals surface area contributed by atoms with Gasteiger partial charge in [0.2, 0.25) is 0 Å². The highest BCUT2D eigenvalue weighted by Gasteiger charge is 2.19. The van der Waals surface area contributed by atoms with Crippen molar-refractivity contribution in [3.63, 3.8) is 0 Å². The van der Waals surface area contributed by atoms with E-state index in [9.17, 15) is 5.21 Å². The van der Waals surface area contributed by atoms with Crippen molar-refractivity contribution in [3.05, 3.63) is 18.5 Å². The first-order chi connectivity index (χ1) is 9.42.